The molecule has 0 aliphatic carbocycles. The Balaban J connectivity index is 2.19. The SMILES string of the molecule is CCc1ncc(CNc2c(N(C)C)ccnc2OC)s1. The highest BCUT2D eigenvalue weighted by Crippen LogP contribution is 2.32. The Hall–Kier alpha value is -1.82. The lowest BCUT2D eigenvalue weighted by Gasteiger charge is -2.19. The zero-order chi connectivity index (χ0) is 14.5. The Morgan fingerprint density at radius 2 is 2.15 bits per heavy atom. The fourth-order valence-electron chi connectivity index (χ4n) is 1.90. The molecule has 6 heteroatoms. The second-order valence-electron chi connectivity index (χ2n) is 4.54. The van der Waals surface area contributed by atoms with Crippen molar-refractivity contribution >= 4 is 22.7 Å². The molecule has 0 saturated heterocycles. The average molecular weight is 292 g/mol. The average Bonchev–Trinajstić information content (AvgIpc) is 2.92. The van der Waals surface area contributed by atoms with Crippen molar-refractivity contribution in [1.82, 2.24) is 9.97 Å². The number of aromatic nitrogens is 2. The number of methoxy groups -OCH3 is 1. The first kappa shape index (κ1) is 14.6. The van der Waals surface area contributed by atoms with E-state index in [1.54, 1.807) is 24.6 Å². The molecule has 0 radical (unpaired) electrons. The second kappa shape index (κ2) is 6.56. The molecule has 2 aromatic heterocycles. The van der Waals surface area contributed by atoms with Crippen molar-refractivity contribution < 1.29 is 4.74 Å². The summed E-state index contributed by atoms with van der Waals surface area (Å²) >= 11 is 1.73. The molecule has 0 spiro atoms. The molecule has 0 aromatic carbocycles. The van der Waals surface area contributed by atoms with Crippen molar-refractivity contribution in [3.63, 3.8) is 0 Å². The van der Waals surface area contributed by atoms with Gasteiger partial charge in [0, 0.05) is 31.4 Å². The monoisotopic (exact) mass is 292 g/mol. The van der Waals surface area contributed by atoms with E-state index in [4.69, 9.17) is 4.74 Å². The first-order chi connectivity index (χ1) is 9.65. The molecule has 0 aliphatic heterocycles. The van der Waals surface area contributed by atoms with Gasteiger partial charge in [0.25, 0.3) is 0 Å². The Morgan fingerprint density at radius 3 is 2.75 bits per heavy atom. The maximum absolute atomic E-state index is 5.34. The number of nitrogens with one attached hydrogen (secondary N) is 1. The molecule has 0 aliphatic rings. The van der Waals surface area contributed by atoms with E-state index >= 15 is 0 Å². The Morgan fingerprint density at radius 1 is 1.35 bits per heavy atom. The van der Waals surface area contributed by atoms with E-state index in [0.29, 0.717) is 5.88 Å². The summed E-state index contributed by atoms with van der Waals surface area (Å²) in [4.78, 5) is 11.9. The van der Waals surface area contributed by atoms with Gasteiger partial charge in [0.1, 0.15) is 5.69 Å². The van der Waals surface area contributed by atoms with E-state index in [0.717, 1.165) is 29.3 Å². The van der Waals surface area contributed by atoms with Crippen molar-refractivity contribution in [2.45, 2.75) is 19.9 Å². The van der Waals surface area contributed by atoms with Crippen molar-refractivity contribution in [2.24, 2.45) is 0 Å². The van der Waals surface area contributed by atoms with Gasteiger partial charge in [-0.2, -0.15) is 0 Å². The smallest absolute Gasteiger partial charge is 0.239 e. The van der Waals surface area contributed by atoms with E-state index in [-0.39, 0.29) is 0 Å². The normalized spacial score (nSPS) is 10.4. The molecule has 0 amide bonds. The Bertz CT molecular complexity index is 568. The number of nitrogens with zero attached hydrogens (tertiary/aromatic N) is 3. The highest BCUT2D eigenvalue weighted by atomic mass is 32.1. The molecule has 0 saturated carbocycles. The van der Waals surface area contributed by atoms with Crippen molar-refractivity contribution in [2.75, 3.05) is 31.4 Å². The van der Waals surface area contributed by atoms with Crippen LogP contribution in [0.15, 0.2) is 18.5 Å². The number of anilines is 2. The highest BCUT2D eigenvalue weighted by molar-refractivity contribution is 7.11. The number of ether oxygens (including phenoxy) is 1. The largest absolute Gasteiger partial charge is 0.479 e. The van der Waals surface area contributed by atoms with E-state index in [2.05, 4.69) is 22.2 Å². The van der Waals surface area contributed by atoms with Crippen LogP contribution in [0.1, 0.15) is 16.8 Å². The quantitative estimate of drug-likeness (QED) is 0.887. The summed E-state index contributed by atoms with van der Waals surface area (Å²) in [5.74, 6) is 0.608. The number of aryl methyl sites for hydroxylation is 1. The first-order valence-corrected chi connectivity index (χ1v) is 7.35. The van der Waals surface area contributed by atoms with Crippen LogP contribution in [0, 0.1) is 0 Å². The van der Waals surface area contributed by atoms with E-state index in [1.165, 1.54) is 4.88 Å². The maximum Gasteiger partial charge on any atom is 0.239 e. The first-order valence-electron chi connectivity index (χ1n) is 6.53. The summed E-state index contributed by atoms with van der Waals surface area (Å²) in [5.41, 5.74) is 1.96. The lowest BCUT2D eigenvalue weighted by Crippen LogP contribution is -2.13. The van der Waals surface area contributed by atoms with Crippen molar-refractivity contribution in [3.05, 3.63) is 28.3 Å². The minimum Gasteiger partial charge on any atom is -0.479 e. The van der Waals surface area contributed by atoms with Crippen LogP contribution in [0.4, 0.5) is 11.4 Å². The predicted octanol–water partition coefficient (Wildman–Crippen LogP) is 2.79. The van der Waals surface area contributed by atoms with Gasteiger partial charge in [-0.3, -0.25) is 0 Å². The molecule has 20 heavy (non-hydrogen) atoms. The molecule has 5 nitrogen and oxygen atoms in total. The van der Waals surface area contributed by atoms with Crippen LogP contribution >= 0.6 is 11.3 Å². The van der Waals surface area contributed by atoms with Gasteiger partial charge in [-0.1, -0.05) is 6.92 Å². The fraction of sp³-hybridized carbons (Fsp3) is 0.429. The molecular weight excluding hydrogens is 272 g/mol. The van der Waals surface area contributed by atoms with E-state index in [1.807, 2.05) is 31.3 Å². The lowest BCUT2D eigenvalue weighted by atomic mass is 10.3. The van der Waals surface area contributed by atoms with Crippen LogP contribution in [-0.4, -0.2) is 31.2 Å². The van der Waals surface area contributed by atoms with Gasteiger partial charge in [-0.05, 0) is 12.5 Å². The molecule has 108 valence electrons. The van der Waals surface area contributed by atoms with Gasteiger partial charge in [0.15, 0.2) is 0 Å². The van der Waals surface area contributed by atoms with Crippen LogP contribution in [0.5, 0.6) is 5.88 Å². The third-order valence-corrected chi connectivity index (χ3v) is 4.05. The minimum atomic E-state index is 0.608. The third-order valence-electron chi connectivity index (χ3n) is 2.91. The van der Waals surface area contributed by atoms with Crippen molar-refractivity contribution in [1.29, 1.82) is 0 Å². The van der Waals surface area contributed by atoms with E-state index in [9.17, 15) is 0 Å². The summed E-state index contributed by atoms with van der Waals surface area (Å²) in [6.07, 6.45) is 4.65. The highest BCUT2D eigenvalue weighted by Gasteiger charge is 2.12. The van der Waals surface area contributed by atoms with Crippen LogP contribution in [-0.2, 0) is 13.0 Å². The number of pyridine rings is 1. The third kappa shape index (κ3) is 3.19. The van der Waals surface area contributed by atoms with Gasteiger partial charge in [0.05, 0.1) is 24.3 Å². The fourth-order valence-corrected chi connectivity index (χ4v) is 2.70. The predicted molar refractivity (Wildman–Crippen MR) is 83.9 cm³/mol. The van der Waals surface area contributed by atoms with Crippen LogP contribution in [0.2, 0.25) is 0 Å². The molecule has 2 heterocycles. The van der Waals surface area contributed by atoms with Crippen LogP contribution < -0.4 is 15.0 Å². The molecule has 0 atom stereocenters. The molecule has 2 aromatic rings. The summed E-state index contributed by atoms with van der Waals surface area (Å²) < 4.78 is 5.34. The molecular formula is C14H20N4OS. The zero-order valence-electron chi connectivity index (χ0n) is 12.3. The van der Waals surface area contributed by atoms with Gasteiger partial charge in [0.2, 0.25) is 5.88 Å². The van der Waals surface area contributed by atoms with Gasteiger partial charge in [-0.25, -0.2) is 9.97 Å². The maximum atomic E-state index is 5.34. The number of rotatable bonds is 6. The number of thiazole rings is 1. The second-order valence-corrected chi connectivity index (χ2v) is 5.74. The molecule has 0 fully saturated rings. The summed E-state index contributed by atoms with van der Waals surface area (Å²) in [5, 5.41) is 4.57. The summed E-state index contributed by atoms with van der Waals surface area (Å²) in [7, 11) is 5.64. The summed E-state index contributed by atoms with van der Waals surface area (Å²) in [6, 6.07) is 1.97. The van der Waals surface area contributed by atoms with Crippen LogP contribution in [0.25, 0.3) is 0 Å². The Kier molecular flexibility index (Phi) is 4.79. The molecule has 0 bridgehead atoms. The van der Waals surface area contributed by atoms with Crippen molar-refractivity contribution in [3.8, 4) is 5.88 Å². The molecule has 2 rings (SSSR count). The lowest BCUT2D eigenvalue weighted by molar-refractivity contribution is 0.400. The van der Waals surface area contributed by atoms with E-state index < -0.39 is 0 Å². The summed E-state index contributed by atoms with van der Waals surface area (Å²) in [6.45, 7) is 2.84. The van der Waals surface area contributed by atoms with Gasteiger partial charge >= 0.3 is 0 Å². The standard InChI is InChI=1S/C14H20N4OS/c1-5-12-16-8-10(20-12)9-17-13-11(18(2)3)6-7-15-14(13)19-4/h6-8,17H,5,9H2,1-4H3. The molecule has 1 N–H and O–H groups in total. The Labute approximate surface area is 123 Å². The number of hydrogen-bond donors (Lipinski definition) is 1. The molecule has 0 unspecified atom stereocenters. The van der Waals surface area contributed by atoms with Crippen LogP contribution in [0.3, 0.4) is 0 Å². The van der Waals surface area contributed by atoms with Gasteiger partial charge in [-0.15, -0.1) is 11.3 Å². The topological polar surface area (TPSA) is 50.3 Å². The van der Waals surface area contributed by atoms with Gasteiger partial charge < -0.3 is 15.0 Å². The minimum absolute atomic E-state index is 0.608. The number of hydrogen-bond acceptors (Lipinski definition) is 6. The zero-order valence-corrected chi connectivity index (χ0v) is 13.1.